The molecule has 13 heavy (non-hydrogen) atoms. The maximum Gasteiger partial charge on any atom is 0.253 e. The highest BCUT2D eigenvalue weighted by Crippen LogP contribution is 2.19. The third kappa shape index (κ3) is 2.28. The van der Waals surface area contributed by atoms with Gasteiger partial charge in [-0.2, -0.15) is 0 Å². The van der Waals surface area contributed by atoms with Gasteiger partial charge in [0, 0.05) is 14.7 Å². The van der Waals surface area contributed by atoms with Gasteiger partial charge in [0.1, 0.15) is 6.29 Å². The molecule has 68 valence electrons. The largest absolute Gasteiger partial charge is 0.298 e. The van der Waals surface area contributed by atoms with Crippen LogP contribution < -0.4 is 0 Å². The van der Waals surface area contributed by atoms with Crippen LogP contribution in [0.1, 0.15) is 26.3 Å². The summed E-state index contributed by atoms with van der Waals surface area (Å²) in [6.45, 7) is 1.81. The molecule has 0 atom stereocenters. The van der Waals surface area contributed by atoms with Gasteiger partial charge in [-0.3, -0.25) is 9.59 Å². The molecule has 0 aliphatic carbocycles. The molecule has 1 aromatic carbocycles. The van der Waals surface area contributed by atoms with Gasteiger partial charge >= 0.3 is 0 Å². The van der Waals surface area contributed by atoms with E-state index in [2.05, 4.69) is 0 Å². The molecule has 0 bridgehead atoms. The summed E-state index contributed by atoms with van der Waals surface area (Å²) >= 11 is 7.34. The molecule has 1 rings (SSSR count). The summed E-state index contributed by atoms with van der Waals surface area (Å²) in [6.07, 6.45) is 0.717. The molecule has 0 radical (unpaired) electrons. The lowest BCUT2D eigenvalue weighted by atomic mass is 10.1. The average Bonchev–Trinajstić information content (AvgIpc) is 2.03. The van der Waals surface area contributed by atoms with Crippen molar-refractivity contribution < 1.29 is 9.59 Å². The van der Waals surface area contributed by atoms with Crippen molar-refractivity contribution in [1.29, 1.82) is 0 Å². The number of hydrogen-bond donors (Lipinski definition) is 0. The summed E-state index contributed by atoms with van der Waals surface area (Å²) in [5.74, 6) is 0. The maximum atomic E-state index is 10.9. The highest BCUT2D eigenvalue weighted by atomic mass is 127. The van der Waals surface area contributed by atoms with Gasteiger partial charge < -0.3 is 0 Å². The predicted octanol–water partition coefficient (Wildman–Crippen LogP) is 2.79. The van der Waals surface area contributed by atoms with Gasteiger partial charge in [0.05, 0.1) is 0 Å². The van der Waals surface area contributed by atoms with Crippen LogP contribution >= 0.6 is 34.2 Å². The second-order valence-electron chi connectivity index (χ2n) is 2.58. The van der Waals surface area contributed by atoms with E-state index < -0.39 is 5.24 Å². The van der Waals surface area contributed by atoms with Crippen LogP contribution in [0.2, 0.25) is 0 Å². The van der Waals surface area contributed by atoms with E-state index in [1.165, 1.54) is 6.07 Å². The number of benzene rings is 1. The highest BCUT2D eigenvalue weighted by molar-refractivity contribution is 14.1. The minimum Gasteiger partial charge on any atom is -0.298 e. The van der Waals surface area contributed by atoms with Gasteiger partial charge in [0.25, 0.3) is 5.24 Å². The van der Waals surface area contributed by atoms with Crippen LogP contribution in [0.4, 0.5) is 0 Å². The fourth-order valence-corrected chi connectivity index (χ4v) is 2.15. The normalized spacial score (nSPS) is 9.77. The molecule has 0 N–H and O–H groups in total. The monoisotopic (exact) mass is 308 g/mol. The second kappa shape index (κ2) is 4.19. The van der Waals surface area contributed by atoms with Crippen LogP contribution in [0.15, 0.2) is 12.1 Å². The van der Waals surface area contributed by atoms with E-state index in [1.807, 2.05) is 29.5 Å². The van der Waals surface area contributed by atoms with E-state index in [1.54, 1.807) is 6.07 Å². The summed E-state index contributed by atoms with van der Waals surface area (Å²) in [6, 6.07) is 3.28. The predicted molar refractivity (Wildman–Crippen MR) is 59.5 cm³/mol. The smallest absolute Gasteiger partial charge is 0.253 e. The van der Waals surface area contributed by atoms with Crippen LogP contribution in [0.3, 0.4) is 0 Å². The number of aryl methyl sites for hydroxylation is 1. The molecule has 2 nitrogen and oxygen atoms in total. The lowest BCUT2D eigenvalue weighted by molar-refractivity contribution is 0.108. The SMILES string of the molecule is Cc1cc(I)c(C(=O)Cl)cc1C=O. The van der Waals surface area contributed by atoms with Crippen LogP contribution in [0, 0.1) is 10.5 Å². The minimum atomic E-state index is -0.535. The van der Waals surface area contributed by atoms with Gasteiger partial charge in [-0.15, -0.1) is 0 Å². The summed E-state index contributed by atoms with van der Waals surface area (Å²) < 4.78 is 0.765. The first-order valence-corrected chi connectivity index (χ1v) is 4.97. The number of rotatable bonds is 2. The molecule has 0 saturated carbocycles. The molecule has 0 fully saturated rings. The molecule has 0 heterocycles. The minimum absolute atomic E-state index is 0.384. The molecule has 1 aromatic rings. The Morgan fingerprint density at radius 1 is 1.54 bits per heavy atom. The Hall–Kier alpha value is -0.420. The maximum absolute atomic E-state index is 10.9. The summed E-state index contributed by atoms with van der Waals surface area (Å²) in [5.41, 5.74) is 1.74. The number of carbonyl (C=O) groups excluding carboxylic acids is 2. The summed E-state index contributed by atoms with van der Waals surface area (Å²) in [4.78, 5) is 21.4. The molecule has 0 aromatic heterocycles. The van der Waals surface area contributed by atoms with Crippen molar-refractivity contribution in [3.8, 4) is 0 Å². The molecular formula is C9H6ClIO2. The van der Waals surface area contributed by atoms with E-state index in [0.717, 1.165) is 15.4 Å². The van der Waals surface area contributed by atoms with E-state index in [-0.39, 0.29) is 0 Å². The van der Waals surface area contributed by atoms with Crippen molar-refractivity contribution in [2.24, 2.45) is 0 Å². The number of halogens is 2. The van der Waals surface area contributed by atoms with Crippen molar-refractivity contribution in [3.05, 3.63) is 32.4 Å². The first kappa shape index (κ1) is 10.7. The van der Waals surface area contributed by atoms with Gasteiger partial charge in [-0.25, -0.2) is 0 Å². The van der Waals surface area contributed by atoms with E-state index in [4.69, 9.17) is 11.6 Å². The Morgan fingerprint density at radius 3 is 2.62 bits per heavy atom. The first-order chi connectivity index (χ1) is 6.06. The number of aldehydes is 1. The summed E-state index contributed by atoms with van der Waals surface area (Å²) in [7, 11) is 0. The first-order valence-electron chi connectivity index (χ1n) is 3.51. The fraction of sp³-hybridized carbons (Fsp3) is 0.111. The molecule has 0 amide bonds. The fourth-order valence-electron chi connectivity index (χ4n) is 0.967. The van der Waals surface area contributed by atoms with Gasteiger partial charge in [0.2, 0.25) is 0 Å². The van der Waals surface area contributed by atoms with Gasteiger partial charge in [-0.1, -0.05) is 0 Å². The zero-order valence-electron chi connectivity index (χ0n) is 6.80. The van der Waals surface area contributed by atoms with Crippen molar-refractivity contribution >= 4 is 45.7 Å². The van der Waals surface area contributed by atoms with Crippen LogP contribution in [-0.4, -0.2) is 11.5 Å². The molecule has 4 heteroatoms. The zero-order chi connectivity index (χ0) is 10.0. The Bertz CT molecular complexity index is 374. The van der Waals surface area contributed by atoms with E-state index >= 15 is 0 Å². The molecule has 0 saturated heterocycles. The van der Waals surface area contributed by atoms with Crippen molar-refractivity contribution in [3.63, 3.8) is 0 Å². The van der Waals surface area contributed by atoms with Gasteiger partial charge in [0.15, 0.2) is 0 Å². The second-order valence-corrected chi connectivity index (χ2v) is 4.09. The lowest BCUT2D eigenvalue weighted by Crippen LogP contribution is -1.97. The van der Waals surface area contributed by atoms with Crippen molar-refractivity contribution in [2.45, 2.75) is 6.92 Å². The Labute approximate surface area is 94.4 Å². The molecule has 0 aliphatic heterocycles. The summed E-state index contributed by atoms with van der Waals surface area (Å²) in [5, 5.41) is -0.535. The van der Waals surface area contributed by atoms with E-state index in [9.17, 15) is 9.59 Å². The third-order valence-electron chi connectivity index (χ3n) is 1.69. The standard InChI is InChI=1S/C9H6ClIO2/c1-5-2-8(11)7(9(10)13)3-6(5)4-12/h2-4H,1H3. The molecular weight excluding hydrogens is 302 g/mol. The zero-order valence-corrected chi connectivity index (χ0v) is 9.72. The lowest BCUT2D eigenvalue weighted by Gasteiger charge is -2.03. The van der Waals surface area contributed by atoms with Gasteiger partial charge in [-0.05, 0) is 58.8 Å². The highest BCUT2D eigenvalue weighted by Gasteiger charge is 2.09. The van der Waals surface area contributed by atoms with Crippen LogP contribution in [-0.2, 0) is 0 Å². The number of hydrogen-bond acceptors (Lipinski definition) is 2. The van der Waals surface area contributed by atoms with Crippen molar-refractivity contribution in [2.75, 3.05) is 0 Å². The van der Waals surface area contributed by atoms with E-state index in [0.29, 0.717) is 11.1 Å². The average molecular weight is 309 g/mol. The van der Waals surface area contributed by atoms with Crippen molar-refractivity contribution in [1.82, 2.24) is 0 Å². The molecule has 0 unspecified atom stereocenters. The van der Waals surface area contributed by atoms with Crippen LogP contribution in [0.25, 0.3) is 0 Å². The third-order valence-corrected chi connectivity index (χ3v) is 2.79. The Kier molecular flexibility index (Phi) is 3.44. The van der Waals surface area contributed by atoms with Crippen LogP contribution in [0.5, 0.6) is 0 Å². The topological polar surface area (TPSA) is 34.1 Å². The Balaban J connectivity index is 3.38. The molecule has 0 aliphatic rings. The number of carbonyl (C=O) groups is 2. The quantitative estimate of drug-likeness (QED) is 0.478. The molecule has 0 spiro atoms. The Morgan fingerprint density at radius 2 is 2.15 bits per heavy atom.